The summed E-state index contributed by atoms with van der Waals surface area (Å²) in [5.74, 6) is -0.948. The van der Waals surface area contributed by atoms with Crippen molar-refractivity contribution >= 4 is 5.78 Å². The van der Waals surface area contributed by atoms with Gasteiger partial charge in [-0.05, 0) is 36.8 Å². The van der Waals surface area contributed by atoms with Gasteiger partial charge in [0.25, 0.3) is 0 Å². The Balaban J connectivity index is 2.01. The van der Waals surface area contributed by atoms with E-state index in [-0.39, 0.29) is 35.6 Å². The maximum atomic E-state index is 14.0. The highest BCUT2D eigenvalue weighted by molar-refractivity contribution is 5.91. The van der Waals surface area contributed by atoms with Gasteiger partial charge in [-0.1, -0.05) is 34.6 Å². The van der Waals surface area contributed by atoms with Crippen molar-refractivity contribution in [2.45, 2.75) is 85.2 Å². The molecule has 1 unspecified atom stereocenters. The lowest BCUT2D eigenvalue weighted by atomic mass is 9.40. The number of rotatable bonds is 0. The van der Waals surface area contributed by atoms with Crippen molar-refractivity contribution in [2.75, 3.05) is 6.61 Å². The van der Waals surface area contributed by atoms with E-state index in [0.717, 1.165) is 11.1 Å². The third-order valence-corrected chi connectivity index (χ3v) is 9.61. The molecule has 1 aliphatic heterocycles. The number of ketones is 1. The quantitative estimate of drug-likeness (QED) is 0.551. The molecule has 3 aliphatic carbocycles. The second-order valence-corrected chi connectivity index (χ2v) is 11.1. The lowest BCUT2D eigenvalue weighted by Gasteiger charge is -2.68. The minimum absolute atomic E-state index is 0.0296. The minimum Gasteiger partial charge on any atom is -0.392 e. The number of ether oxygens (including phenoxy) is 1. The fourth-order valence-electron chi connectivity index (χ4n) is 7.96. The van der Waals surface area contributed by atoms with E-state index in [4.69, 9.17) is 4.74 Å². The predicted molar refractivity (Wildman–Crippen MR) is 105 cm³/mol. The monoisotopic (exact) mass is 392 g/mol. The second kappa shape index (κ2) is 5.69. The van der Waals surface area contributed by atoms with Crippen LogP contribution in [0.2, 0.25) is 0 Å². The van der Waals surface area contributed by atoms with Gasteiger partial charge in [-0.25, -0.2) is 0 Å². The van der Waals surface area contributed by atoms with E-state index in [1.165, 1.54) is 0 Å². The van der Waals surface area contributed by atoms with Crippen molar-refractivity contribution < 1.29 is 24.9 Å². The van der Waals surface area contributed by atoms with Crippen LogP contribution in [0, 0.1) is 34.0 Å². The zero-order chi connectivity index (χ0) is 21.0. The van der Waals surface area contributed by atoms with Crippen LogP contribution in [0.5, 0.6) is 0 Å². The van der Waals surface area contributed by atoms with E-state index in [1.54, 1.807) is 0 Å². The number of aliphatic hydroxyl groups is 3. The van der Waals surface area contributed by atoms with Crippen LogP contribution in [-0.2, 0) is 9.53 Å². The molecule has 5 heteroatoms. The highest BCUT2D eigenvalue weighted by Crippen LogP contribution is 2.67. The van der Waals surface area contributed by atoms with E-state index < -0.39 is 34.6 Å². The normalized spacial score (nSPS) is 55.6. The first-order chi connectivity index (χ1) is 12.7. The number of hydrogen-bond acceptors (Lipinski definition) is 5. The van der Waals surface area contributed by atoms with Crippen molar-refractivity contribution in [3.05, 3.63) is 11.1 Å². The molecule has 28 heavy (non-hydrogen) atoms. The van der Waals surface area contributed by atoms with Gasteiger partial charge in [-0.15, -0.1) is 0 Å². The number of Topliss-reactive ketones (excluding diaryl/α,β-unsaturated/α-hetero) is 1. The molecule has 0 radical (unpaired) electrons. The van der Waals surface area contributed by atoms with Crippen LogP contribution in [0.15, 0.2) is 11.1 Å². The molecule has 2 saturated carbocycles. The van der Waals surface area contributed by atoms with Crippen LogP contribution in [0.3, 0.4) is 0 Å². The first kappa shape index (κ1) is 20.5. The van der Waals surface area contributed by atoms with Gasteiger partial charge in [0.2, 0.25) is 0 Å². The van der Waals surface area contributed by atoms with Crippen LogP contribution in [-0.4, -0.2) is 51.6 Å². The number of carbonyl (C=O) groups is 1. The topological polar surface area (TPSA) is 87.0 Å². The van der Waals surface area contributed by atoms with Crippen LogP contribution in [0.1, 0.15) is 61.3 Å². The fraction of sp³-hybridized carbons (Fsp3) is 0.870. The summed E-state index contributed by atoms with van der Waals surface area (Å²) in [6, 6.07) is 0. The lowest BCUT2D eigenvalue weighted by molar-refractivity contribution is -0.301. The zero-order valence-corrected chi connectivity index (χ0v) is 18.2. The van der Waals surface area contributed by atoms with Crippen LogP contribution >= 0.6 is 0 Å². The fourth-order valence-corrected chi connectivity index (χ4v) is 7.96. The molecule has 1 saturated heterocycles. The Labute approximate surface area is 168 Å². The highest BCUT2D eigenvalue weighted by atomic mass is 16.5. The largest absolute Gasteiger partial charge is 0.392 e. The van der Waals surface area contributed by atoms with Crippen LogP contribution < -0.4 is 0 Å². The summed E-state index contributed by atoms with van der Waals surface area (Å²) in [5, 5.41) is 34.1. The van der Waals surface area contributed by atoms with Crippen molar-refractivity contribution in [2.24, 2.45) is 34.0 Å². The van der Waals surface area contributed by atoms with E-state index >= 15 is 0 Å². The summed E-state index contributed by atoms with van der Waals surface area (Å²) in [4.78, 5) is 14.0. The van der Waals surface area contributed by atoms with E-state index in [0.29, 0.717) is 13.0 Å². The Kier molecular flexibility index (Phi) is 4.17. The molecular formula is C23H36O5. The molecule has 0 aromatic heterocycles. The average Bonchev–Trinajstić information content (AvgIpc) is 2.60. The Morgan fingerprint density at radius 3 is 2.25 bits per heavy atom. The summed E-state index contributed by atoms with van der Waals surface area (Å²) in [6.07, 6.45) is -0.948. The van der Waals surface area contributed by atoms with Gasteiger partial charge >= 0.3 is 0 Å². The molecule has 158 valence electrons. The van der Waals surface area contributed by atoms with Crippen LogP contribution in [0.4, 0.5) is 0 Å². The maximum Gasteiger partial charge on any atom is 0.148 e. The van der Waals surface area contributed by atoms with Gasteiger partial charge in [-0.2, -0.15) is 0 Å². The Morgan fingerprint density at radius 1 is 1.11 bits per heavy atom. The van der Waals surface area contributed by atoms with Gasteiger partial charge < -0.3 is 20.1 Å². The Morgan fingerprint density at radius 2 is 1.71 bits per heavy atom. The second-order valence-electron chi connectivity index (χ2n) is 11.1. The Bertz CT molecular complexity index is 756. The molecule has 4 aliphatic rings. The van der Waals surface area contributed by atoms with E-state index in [9.17, 15) is 20.1 Å². The SMILES string of the molecule is CC1=C2[C@@H](C)C(=O)[C@@]3(C)C([C@H](C)[C@](O)(C[C@@H]1O)C2(C)C)[C@]1(C)CO[C@@H]1C[C@@H]3O. The zero-order valence-electron chi connectivity index (χ0n) is 18.2. The Hall–Kier alpha value is -0.750. The molecule has 3 fully saturated rings. The van der Waals surface area contributed by atoms with E-state index in [2.05, 4.69) is 6.92 Å². The molecule has 5 nitrogen and oxygen atoms in total. The van der Waals surface area contributed by atoms with Gasteiger partial charge in [0, 0.05) is 29.6 Å². The minimum atomic E-state index is -1.18. The molecular weight excluding hydrogens is 356 g/mol. The van der Waals surface area contributed by atoms with Crippen molar-refractivity contribution in [1.29, 1.82) is 0 Å². The number of hydrogen-bond donors (Lipinski definition) is 3. The molecule has 3 N–H and O–H groups in total. The molecule has 0 amide bonds. The summed E-state index contributed by atoms with van der Waals surface area (Å²) < 4.78 is 5.80. The molecule has 0 spiro atoms. The number of carbonyl (C=O) groups excluding carboxylic acids is 1. The van der Waals surface area contributed by atoms with Gasteiger partial charge in [0.05, 0.1) is 35.9 Å². The molecule has 0 aromatic carbocycles. The summed E-state index contributed by atoms with van der Waals surface area (Å²) >= 11 is 0. The van der Waals surface area contributed by atoms with Gasteiger partial charge in [-0.3, -0.25) is 4.79 Å². The molecule has 1 heterocycles. The van der Waals surface area contributed by atoms with Crippen molar-refractivity contribution in [3.63, 3.8) is 0 Å². The number of aliphatic hydroxyl groups excluding tert-OH is 2. The summed E-state index contributed by atoms with van der Waals surface area (Å²) in [6.45, 7) is 14.4. The van der Waals surface area contributed by atoms with Crippen LogP contribution in [0.25, 0.3) is 0 Å². The smallest absolute Gasteiger partial charge is 0.148 e. The summed E-state index contributed by atoms with van der Waals surface area (Å²) in [7, 11) is 0. The molecule has 4 rings (SSSR count). The third-order valence-electron chi connectivity index (χ3n) is 9.61. The lowest BCUT2D eigenvalue weighted by Crippen LogP contribution is -2.74. The molecule has 9 atom stereocenters. The standard InChI is InChI=1S/C23H36O5/c1-11-14(24)9-23(27)13(3)18-21(6)10-28-16(21)8-15(25)22(18,7)19(26)12(2)17(11)20(23,4)5/h12-16,18,24-25,27H,8-10H2,1-7H3/t12-,13+,14+,15+,16-,18?,21-,22-,23-/m1/s1. The van der Waals surface area contributed by atoms with Crippen molar-refractivity contribution in [3.8, 4) is 0 Å². The maximum absolute atomic E-state index is 14.0. The average molecular weight is 393 g/mol. The van der Waals surface area contributed by atoms with E-state index in [1.807, 2.05) is 41.5 Å². The first-order valence-corrected chi connectivity index (χ1v) is 10.7. The predicted octanol–water partition coefficient (Wildman–Crippen LogP) is 2.47. The molecule has 2 bridgehead atoms. The van der Waals surface area contributed by atoms with Gasteiger partial charge in [0.1, 0.15) is 5.78 Å². The summed E-state index contributed by atoms with van der Waals surface area (Å²) in [5.41, 5.74) is -1.41. The highest BCUT2D eigenvalue weighted by Gasteiger charge is 2.72. The third kappa shape index (κ3) is 2.04. The molecule has 0 aromatic rings. The number of fused-ring (bicyclic) bond motifs is 5. The first-order valence-electron chi connectivity index (χ1n) is 10.7. The van der Waals surface area contributed by atoms with Gasteiger partial charge in [0.15, 0.2) is 0 Å². The van der Waals surface area contributed by atoms with Crippen molar-refractivity contribution in [1.82, 2.24) is 0 Å².